The van der Waals surface area contributed by atoms with Crippen molar-refractivity contribution in [1.29, 1.82) is 5.26 Å². The Morgan fingerprint density at radius 3 is 2.30 bits per heavy atom. The molecular weight excluding hydrogens is 343 g/mol. The van der Waals surface area contributed by atoms with Gasteiger partial charge in [0.05, 0.1) is 28.4 Å². The van der Waals surface area contributed by atoms with Crippen molar-refractivity contribution in [3.63, 3.8) is 0 Å². The summed E-state index contributed by atoms with van der Waals surface area (Å²) in [6.45, 7) is 13.3. The molecule has 0 N–H and O–H groups in total. The number of nitrogens with zero attached hydrogens (tertiary/aromatic N) is 2. The average molecular weight is 368 g/mol. The van der Waals surface area contributed by atoms with Gasteiger partial charge in [-0.3, -0.25) is 4.57 Å². The molecule has 1 aromatic carbocycles. The van der Waals surface area contributed by atoms with E-state index in [1.165, 1.54) is 4.57 Å². The van der Waals surface area contributed by atoms with Gasteiger partial charge in [0.2, 0.25) is 0 Å². The van der Waals surface area contributed by atoms with Gasteiger partial charge in [-0.25, -0.2) is 4.79 Å². The highest BCUT2D eigenvalue weighted by Gasteiger charge is 2.52. The summed E-state index contributed by atoms with van der Waals surface area (Å²) in [6, 6.07) is 7.45. The predicted molar refractivity (Wildman–Crippen MR) is 104 cm³/mol. The number of hydrogen-bond acceptors (Lipinski definition) is 5. The second-order valence-corrected chi connectivity index (χ2v) is 8.83. The predicted octanol–water partition coefficient (Wildman–Crippen LogP) is 3.60. The topological polar surface area (TPSA) is 73.5 Å². The summed E-state index contributed by atoms with van der Waals surface area (Å²) < 4.78 is 19.3. The van der Waals surface area contributed by atoms with Crippen LogP contribution in [0.4, 0.5) is 4.79 Å². The van der Waals surface area contributed by atoms with E-state index in [1.54, 1.807) is 24.4 Å². The van der Waals surface area contributed by atoms with Crippen molar-refractivity contribution in [3.05, 3.63) is 30.0 Å². The Bertz CT molecular complexity index is 931. The third kappa shape index (κ3) is 3.35. The first-order chi connectivity index (χ1) is 12.4. The lowest BCUT2D eigenvalue weighted by atomic mass is 9.78. The van der Waals surface area contributed by atoms with E-state index >= 15 is 0 Å². The quantitative estimate of drug-likeness (QED) is 0.719. The van der Waals surface area contributed by atoms with Crippen LogP contribution in [0.3, 0.4) is 0 Å². The molecule has 0 bridgehead atoms. The number of ether oxygens (including phenoxy) is 1. The van der Waals surface area contributed by atoms with Crippen molar-refractivity contribution in [2.75, 3.05) is 0 Å². The van der Waals surface area contributed by atoms with Gasteiger partial charge < -0.3 is 14.0 Å². The minimum Gasteiger partial charge on any atom is -0.443 e. The summed E-state index contributed by atoms with van der Waals surface area (Å²) in [6.07, 6.45) is 1.15. The first-order valence-corrected chi connectivity index (χ1v) is 8.99. The average Bonchev–Trinajstić information content (AvgIpc) is 3.00. The molecule has 0 radical (unpaired) electrons. The highest BCUT2D eigenvalue weighted by molar-refractivity contribution is 6.65. The third-order valence-corrected chi connectivity index (χ3v) is 5.08. The fourth-order valence-corrected chi connectivity index (χ4v) is 3.02. The van der Waals surface area contributed by atoms with Crippen molar-refractivity contribution >= 4 is 29.6 Å². The Morgan fingerprint density at radius 1 is 1.19 bits per heavy atom. The molecule has 2 heterocycles. The summed E-state index contributed by atoms with van der Waals surface area (Å²) in [4.78, 5) is 12.7. The highest BCUT2D eigenvalue weighted by Crippen LogP contribution is 2.37. The second-order valence-electron chi connectivity index (χ2n) is 8.83. The lowest BCUT2D eigenvalue weighted by Crippen LogP contribution is -2.41. The van der Waals surface area contributed by atoms with Crippen molar-refractivity contribution < 1.29 is 18.8 Å². The molecule has 2 aromatic rings. The SMILES string of the molecule is CC(C)(C)OC(=O)n1cc(B2OC(C)(C)C(C)(C)O2)c2c(C#N)cccc21. The van der Waals surface area contributed by atoms with Gasteiger partial charge in [0, 0.05) is 17.0 Å². The van der Waals surface area contributed by atoms with Gasteiger partial charge in [-0.2, -0.15) is 5.26 Å². The molecule has 0 saturated carbocycles. The molecule has 1 aromatic heterocycles. The standard InChI is InChI=1S/C20H25BN2O4/c1-18(2,3)25-17(24)23-12-14(16-13(11-22)9-8-10-15(16)23)21-26-19(4,5)20(6,7)27-21/h8-10,12H,1-7H3. The molecule has 1 aliphatic heterocycles. The number of rotatable bonds is 1. The maximum atomic E-state index is 12.7. The molecule has 27 heavy (non-hydrogen) atoms. The van der Waals surface area contributed by atoms with Crippen LogP contribution in [-0.4, -0.2) is 34.6 Å². The fraction of sp³-hybridized carbons (Fsp3) is 0.500. The summed E-state index contributed by atoms with van der Waals surface area (Å²) in [7, 11) is -0.685. The normalized spacial score (nSPS) is 18.5. The van der Waals surface area contributed by atoms with E-state index in [0.29, 0.717) is 21.9 Å². The highest BCUT2D eigenvalue weighted by atomic mass is 16.7. The van der Waals surface area contributed by atoms with Crippen molar-refractivity contribution in [1.82, 2.24) is 4.57 Å². The van der Waals surface area contributed by atoms with Gasteiger partial charge in [0.25, 0.3) is 0 Å². The van der Waals surface area contributed by atoms with E-state index in [0.717, 1.165) is 0 Å². The van der Waals surface area contributed by atoms with Crippen LogP contribution in [0.2, 0.25) is 0 Å². The van der Waals surface area contributed by atoms with Crippen LogP contribution in [0.25, 0.3) is 10.9 Å². The van der Waals surface area contributed by atoms with Crippen LogP contribution in [0, 0.1) is 11.3 Å². The van der Waals surface area contributed by atoms with Crippen LogP contribution in [-0.2, 0) is 14.0 Å². The van der Waals surface area contributed by atoms with Gasteiger partial charge >= 0.3 is 13.2 Å². The zero-order valence-electron chi connectivity index (χ0n) is 16.9. The second kappa shape index (κ2) is 6.11. The minimum atomic E-state index is -0.685. The number of carbonyl (C=O) groups is 1. The number of benzene rings is 1. The molecule has 7 heteroatoms. The Morgan fingerprint density at radius 2 is 1.78 bits per heavy atom. The fourth-order valence-electron chi connectivity index (χ4n) is 3.02. The van der Waals surface area contributed by atoms with Crippen molar-refractivity contribution in [3.8, 4) is 6.07 Å². The lowest BCUT2D eigenvalue weighted by molar-refractivity contribution is 0.00578. The number of aromatic nitrogens is 1. The number of fused-ring (bicyclic) bond motifs is 1. The van der Waals surface area contributed by atoms with Crippen molar-refractivity contribution in [2.45, 2.75) is 65.3 Å². The summed E-state index contributed by atoms with van der Waals surface area (Å²) in [5.41, 5.74) is 0.00343. The van der Waals surface area contributed by atoms with Crippen LogP contribution in [0.15, 0.2) is 24.4 Å². The molecule has 1 saturated heterocycles. The molecule has 0 unspecified atom stereocenters. The lowest BCUT2D eigenvalue weighted by Gasteiger charge is -2.32. The summed E-state index contributed by atoms with van der Waals surface area (Å²) in [5.74, 6) is 0. The summed E-state index contributed by atoms with van der Waals surface area (Å²) in [5, 5.41) is 10.2. The molecule has 0 amide bonds. The molecule has 3 rings (SSSR count). The Hall–Kier alpha value is -2.30. The van der Waals surface area contributed by atoms with Gasteiger partial charge in [-0.15, -0.1) is 0 Å². The molecule has 1 aliphatic rings. The zero-order chi connectivity index (χ0) is 20.2. The molecular formula is C20H25BN2O4. The third-order valence-electron chi connectivity index (χ3n) is 5.08. The number of hydrogen-bond donors (Lipinski definition) is 0. The molecule has 142 valence electrons. The van der Waals surface area contributed by atoms with E-state index in [9.17, 15) is 10.1 Å². The van der Waals surface area contributed by atoms with Crippen LogP contribution in [0.5, 0.6) is 0 Å². The Labute approximate surface area is 160 Å². The molecule has 6 nitrogen and oxygen atoms in total. The van der Waals surface area contributed by atoms with Crippen LogP contribution >= 0.6 is 0 Å². The van der Waals surface area contributed by atoms with E-state index in [-0.39, 0.29) is 0 Å². The van der Waals surface area contributed by atoms with E-state index in [4.69, 9.17) is 14.0 Å². The van der Waals surface area contributed by atoms with Crippen molar-refractivity contribution in [2.24, 2.45) is 0 Å². The van der Waals surface area contributed by atoms with E-state index < -0.39 is 30.0 Å². The first kappa shape index (κ1) is 19.5. The van der Waals surface area contributed by atoms with Crippen LogP contribution in [0.1, 0.15) is 54.0 Å². The molecule has 0 spiro atoms. The summed E-state index contributed by atoms with van der Waals surface area (Å²) >= 11 is 0. The smallest absolute Gasteiger partial charge is 0.443 e. The Balaban J connectivity index is 2.17. The van der Waals surface area contributed by atoms with E-state index in [1.807, 2.05) is 48.5 Å². The van der Waals surface area contributed by atoms with Gasteiger partial charge in [-0.1, -0.05) is 6.07 Å². The van der Waals surface area contributed by atoms with Gasteiger partial charge in [-0.05, 0) is 60.6 Å². The maximum absolute atomic E-state index is 12.7. The monoisotopic (exact) mass is 368 g/mol. The number of carbonyl (C=O) groups excluding carboxylic acids is 1. The number of nitriles is 1. The largest absolute Gasteiger partial charge is 0.497 e. The molecule has 0 aliphatic carbocycles. The van der Waals surface area contributed by atoms with E-state index in [2.05, 4.69) is 6.07 Å². The van der Waals surface area contributed by atoms with Crippen LogP contribution < -0.4 is 5.46 Å². The zero-order valence-corrected chi connectivity index (χ0v) is 16.9. The van der Waals surface area contributed by atoms with Gasteiger partial charge in [0.1, 0.15) is 5.60 Å². The minimum absolute atomic E-state index is 0.458. The van der Waals surface area contributed by atoms with Gasteiger partial charge in [0.15, 0.2) is 0 Å². The Kier molecular flexibility index (Phi) is 4.41. The first-order valence-electron chi connectivity index (χ1n) is 8.99. The molecule has 0 atom stereocenters. The maximum Gasteiger partial charge on any atom is 0.497 e. The molecule has 1 fully saturated rings.